The minimum Gasteiger partial charge on any atom is -0.465 e. The monoisotopic (exact) mass is 456 g/mol. The topological polar surface area (TPSA) is 153 Å². The number of carboxylic acid groups (broad SMARTS) is 1. The Hall–Kier alpha value is -4.12. The van der Waals surface area contributed by atoms with Gasteiger partial charge in [0.2, 0.25) is 5.91 Å². The number of carbonyl (C=O) groups is 2. The first-order valence-electron chi connectivity index (χ1n) is 9.27. The molecule has 0 fully saturated rings. The van der Waals surface area contributed by atoms with Crippen LogP contribution in [0.5, 0.6) is 11.5 Å². The van der Waals surface area contributed by atoms with E-state index in [-0.39, 0.29) is 22.7 Å². The zero-order valence-electron chi connectivity index (χ0n) is 16.9. The summed E-state index contributed by atoms with van der Waals surface area (Å²) in [6.45, 7) is 1.52. The maximum absolute atomic E-state index is 12.7. The summed E-state index contributed by atoms with van der Waals surface area (Å²) in [5.74, 6) is -0.0131. The van der Waals surface area contributed by atoms with E-state index in [1.807, 2.05) is 6.92 Å². The molecule has 0 spiro atoms. The molecule has 0 saturated heterocycles. The van der Waals surface area contributed by atoms with Gasteiger partial charge in [-0.1, -0.05) is 17.7 Å². The summed E-state index contributed by atoms with van der Waals surface area (Å²) in [5, 5.41) is 10.9. The van der Waals surface area contributed by atoms with Crippen LogP contribution in [-0.4, -0.2) is 30.1 Å². The lowest BCUT2D eigenvalue weighted by atomic mass is 10.2. The smallest absolute Gasteiger partial charge is 0.409 e. The van der Waals surface area contributed by atoms with Crippen molar-refractivity contribution in [1.29, 1.82) is 0 Å². The number of hydrogen-bond acceptors (Lipinski definition) is 5. The number of carbonyl (C=O) groups excluding carboxylic acids is 1. The summed E-state index contributed by atoms with van der Waals surface area (Å²) in [7, 11) is -4.02. The molecule has 0 aliphatic carbocycles. The number of nitrogens with two attached hydrogens (primary N) is 1. The molecule has 1 heterocycles. The Morgan fingerprint density at radius 3 is 2.25 bits per heavy atom. The molecule has 4 N–H and O–H groups in total. The van der Waals surface area contributed by atoms with E-state index >= 15 is 0 Å². The van der Waals surface area contributed by atoms with Gasteiger partial charge in [0.05, 0.1) is 4.90 Å². The van der Waals surface area contributed by atoms with E-state index in [2.05, 4.69) is 9.71 Å². The Balaban J connectivity index is 1.93. The first kappa shape index (κ1) is 22.6. The Labute approximate surface area is 183 Å². The number of pyridine rings is 1. The van der Waals surface area contributed by atoms with Crippen LogP contribution < -0.4 is 21.3 Å². The van der Waals surface area contributed by atoms with Gasteiger partial charge in [-0.15, -0.1) is 4.40 Å². The quantitative estimate of drug-likeness (QED) is 0.496. The van der Waals surface area contributed by atoms with Crippen molar-refractivity contribution in [2.24, 2.45) is 10.1 Å². The van der Waals surface area contributed by atoms with Crippen LogP contribution in [0.3, 0.4) is 0 Å². The molecule has 3 aromatic rings. The van der Waals surface area contributed by atoms with Gasteiger partial charge in [0.1, 0.15) is 23.5 Å². The number of sulfonamides is 1. The lowest BCUT2D eigenvalue weighted by Gasteiger charge is -2.11. The van der Waals surface area contributed by atoms with Crippen LogP contribution in [0.15, 0.2) is 76.2 Å². The van der Waals surface area contributed by atoms with E-state index in [0.29, 0.717) is 11.4 Å². The Morgan fingerprint density at radius 1 is 1.03 bits per heavy atom. The molecule has 0 bridgehead atoms. The highest BCUT2D eigenvalue weighted by Crippen LogP contribution is 2.22. The van der Waals surface area contributed by atoms with Crippen LogP contribution in [-0.2, 0) is 21.4 Å². The van der Waals surface area contributed by atoms with E-state index in [0.717, 1.165) is 5.56 Å². The van der Waals surface area contributed by atoms with Gasteiger partial charge >= 0.3 is 6.09 Å². The first-order chi connectivity index (χ1) is 15.1. The van der Waals surface area contributed by atoms with E-state index in [1.54, 1.807) is 24.3 Å². The number of amides is 2. The molecule has 166 valence electrons. The predicted octanol–water partition coefficient (Wildman–Crippen LogP) is 2.45. The van der Waals surface area contributed by atoms with Crippen molar-refractivity contribution in [3.8, 4) is 11.5 Å². The second-order valence-corrected chi connectivity index (χ2v) is 8.36. The average molecular weight is 456 g/mol. The summed E-state index contributed by atoms with van der Waals surface area (Å²) in [6, 6.07) is 15.2. The maximum Gasteiger partial charge on any atom is 0.409 e. The lowest BCUT2D eigenvalue weighted by molar-refractivity contribution is -0.118. The highest BCUT2D eigenvalue weighted by Gasteiger charge is 2.13. The van der Waals surface area contributed by atoms with Gasteiger partial charge < -0.3 is 20.1 Å². The normalized spacial score (nSPS) is 11.7. The van der Waals surface area contributed by atoms with Gasteiger partial charge in [0.15, 0.2) is 0 Å². The number of primary amides is 1. The van der Waals surface area contributed by atoms with Gasteiger partial charge in [0.25, 0.3) is 10.0 Å². The van der Waals surface area contributed by atoms with Crippen LogP contribution in [0.1, 0.15) is 5.56 Å². The predicted molar refractivity (Wildman–Crippen MR) is 116 cm³/mol. The van der Waals surface area contributed by atoms with Gasteiger partial charge in [-0.25, -0.2) is 4.79 Å². The van der Waals surface area contributed by atoms with Crippen molar-refractivity contribution in [3.63, 3.8) is 0 Å². The minimum absolute atomic E-state index is 0.00210. The molecule has 2 amide bonds. The molecular weight excluding hydrogens is 436 g/mol. The van der Waals surface area contributed by atoms with Gasteiger partial charge in [-0.2, -0.15) is 8.42 Å². The second-order valence-electron chi connectivity index (χ2n) is 6.75. The van der Waals surface area contributed by atoms with Gasteiger partial charge in [0, 0.05) is 11.9 Å². The van der Waals surface area contributed by atoms with E-state index in [9.17, 15) is 18.0 Å². The van der Waals surface area contributed by atoms with Gasteiger partial charge in [-0.05, 0) is 55.5 Å². The number of nitrogens with one attached hydrogen (secondary N) is 1. The molecule has 0 saturated carbocycles. The number of anilines is 1. The zero-order valence-corrected chi connectivity index (χ0v) is 17.7. The van der Waals surface area contributed by atoms with Crippen molar-refractivity contribution in [2.45, 2.75) is 18.4 Å². The van der Waals surface area contributed by atoms with Crippen molar-refractivity contribution in [2.75, 3.05) is 5.32 Å². The van der Waals surface area contributed by atoms with Crippen molar-refractivity contribution < 1.29 is 27.9 Å². The van der Waals surface area contributed by atoms with Crippen LogP contribution in [0.4, 0.5) is 10.5 Å². The van der Waals surface area contributed by atoms with E-state index in [1.165, 1.54) is 47.2 Å². The standard InChI is InChI=1S/C21H20N4O6S/c1-14-2-9-18(10-3-14)32(29,30)24-20-11-8-17(12-25(20)13-19(22)26)31-16-6-4-15(5-7-16)23-21(27)28/h2-12,23H,13H2,1H3,(H2,22,26)(H,27,28). The third-order valence-corrected chi connectivity index (χ3v) is 5.47. The molecule has 0 aliphatic rings. The number of aromatic nitrogens is 1. The molecule has 0 aliphatic heterocycles. The van der Waals surface area contributed by atoms with Crippen molar-refractivity contribution in [1.82, 2.24) is 4.57 Å². The molecule has 32 heavy (non-hydrogen) atoms. The lowest BCUT2D eigenvalue weighted by Crippen LogP contribution is -2.28. The fraction of sp³-hybridized carbons (Fsp3) is 0.0952. The van der Waals surface area contributed by atoms with E-state index in [4.69, 9.17) is 15.6 Å². The first-order valence-corrected chi connectivity index (χ1v) is 10.7. The number of rotatable bonds is 7. The molecule has 0 radical (unpaired) electrons. The highest BCUT2D eigenvalue weighted by molar-refractivity contribution is 7.90. The Morgan fingerprint density at radius 2 is 1.66 bits per heavy atom. The minimum atomic E-state index is -4.02. The van der Waals surface area contributed by atoms with Crippen molar-refractivity contribution >= 4 is 27.7 Å². The van der Waals surface area contributed by atoms with Crippen LogP contribution in [0, 0.1) is 6.92 Å². The number of nitrogens with zero attached hydrogens (tertiary/aromatic N) is 2. The number of aryl methyl sites for hydroxylation is 1. The third kappa shape index (κ3) is 5.95. The van der Waals surface area contributed by atoms with Gasteiger partial charge in [-0.3, -0.25) is 10.1 Å². The highest BCUT2D eigenvalue weighted by atomic mass is 32.2. The van der Waals surface area contributed by atoms with E-state index < -0.39 is 22.0 Å². The fourth-order valence-electron chi connectivity index (χ4n) is 2.70. The fourth-order valence-corrected chi connectivity index (χ4v) is 3.70. The molecule has 11 heteroatoms. The maximum atomic E-state index is 12.7. The molecule has 2 aromatic carbocycles. The summed E-state index contributed by atoms with van der Waals surface area (Å²) in [6.07, 6.45) is 0.212. The summed E-state index contributed by atoms with van der Waals surface area (Å²) in [4.78, 5) is 22.2. The molecule has 0 unspecified atom stereocenters. The largest absolute Gasteiger partial charge is 0.465 e. The molecule has 0 atom stereocenters. The molecule has 1 aromatic heterocycles. The summed E-state index contributed by atoms with van der Waals surface area (Å²) < 4.78 is 36.1. The summed E-state index contributed by atoms with van der Waals surface area (Å²) in [5.41, 5.74) is 6.56. The zero-order chi connectivity index (χ0) is 23.3. The van der Waals surface area contributed by atoms with Crippen LogP contribution >= 0.6 is 0 Å². The molecular formula is C21H20N4O6S. The third-order valence-electron chi connectivity index (χ3n) is 4.17. The second kappa shape index (κ2) is 9.35. The molecule has 10 nitrogen and oxygen atoms in total. The Kier molecular flexibility index (Phi) is 6.59. The average Bonchev–Trinajstić information content (AvgIpc) is 2.71. The number of ether oxygens (including phenoxy) is 1. The van der Waals surface area contributed by atoms with Crippen LogP contribution in [0.25, 0.3) is 0 Å². The SMILES string of the molecule is Cc1ccc(S(=O)(=O)N=c2ccc(Oc3ccc(NC(=O)O)cc3)cn2CC(N)=O)cc1. The Bertz CT molecular complexity index is 1310. The number of benzene rings is 2. The van der Waals surface area contributed by atoms with Crippen LogP contribution in [0.2, 0.25) is 0 Å². The molecule has 3 rings (SSSR count). The number of hydrogen-bond donors (Lipinski definition) is 3. The summed E-state index contributed by atoms with van der Waals surface area (Å²) >= 11 is 0. The van der Waals surface area contributed by atoms with Crippen molar-refractivity contribution in [3.05, 3.63) is 77.9 Å².